The Morgan fingerprint density at radius 3 is 2.42 bits per heavy atom. The summed E-state index contributed by atoms with van der Waals surface area (Å²) in [4.78, 5) is 24.2. The number of hydrogen-bond donors (Lipinski definition) is 1. The molecular weight excluding hydrogens is 253 g/mol. The molecule has 1 amide bonds. The quantitative estimate of drug-likeness (QED) is 0.904. The molecule has 0 heterocycles. The van der Waals surface area contributed by atoms with Gasteiger partial charge in [0.1, 0.15) is 5.54 Å². The predicted octanol–water partition coefficient (Wildman–Crippen LogP) is 1.77. The SMILES string of the molecule is COc1cccc(C(=O)N(C)C(C)(C)C(=O)O)c1F. The normalized spacial score (nSPS) is 11.0. The first kappa shape index (κ1) is 14.9. The molecule has 0 saturated carbocycles. The second-order valence-electron chi connectivity index (χ2n) is 4.55. The lowest BCUT2D eigenvalue weighted by Crippen LogP contribution is -2.50. The Kier molecular flexibility index (Phi) is 4.14. The van der Waals surface area contributed by atoms with E-state index in [9.17, 15) is 14.0 Å². The molecule has 0 aromatic heterocycles. The van der Waals surface area contributed by atoms with Crippen LogP contribution in [0.1, 0.15) is 24.2 Å². The molecule has 0 atom stereocenters. The summed E-state index contributed by atoms with van der Waals surface area (Å²) in [5.41, 5.74) is -1.66. The van der Waals surface area contributed by atoms with Crippen molar-refractivity contribution in [2.75, 3.05) is 14.2 Å². The maximum atomic E-state index is 14.0. The lowest BCUT2D eigenvalue weighted by Gasteiger charge is -2.31. The van der Waals surface area contributed by atoms with E-state index in [0.29, 0.717) is 0 Å². The van der Waals surface area contributed by atoms with E-state index in [0.717, 1.165) is 4.90 Å². The maximum absolute atomic E-state index is 14.0. The number of halogens is 1. The minimum Gasteiger partial charge on any atom is -0.494 e. The van der Waals surface area contributed by atoms with Gasteiger partial charge in [0.2, 0.25) is 0 Å². The van der Waals surface area contributed by atoms with Crippen molar-refractivity contribution in [3.8, 4) is 5.75 Å². The van der Waals surface area contributed by atoms with Crippen LogP contribution in [-0.2, 0) is 4.79 Å². The molecule has 104 valence electrons. The van der Waals surface area contributed by atoms with Gasteiger partial charge in [-0.15, -0.1) is 0 Å². The summed E-state index contributed by atoms with van der Waals surface area (Å²) in [6.07, 6.45) is 0. The monoisotopic (exact) mass is 269 g/mol. The summed E-state index contributed by atoms with van der Waals surface area (Å²) in [5.74, 6) is -2.76. The number of nitrogens with zero attached hydrogens (tertiary/aromatic N) is 1. The summed E-state index contributed by atoms with van der Waals surface area (Å²) < 4.78 is 18.7. The third kappa shape index (κ3) is 2.67. The molecule has 1 N–H and O–H groups in total. The van der Waals surface area contributed by atoms with Crippen molar-refractivity contribution in [1.29, 1.82) is 0 Å². The first-order valence-electron chi connectivity index (χ1n) is 5.57. The van der Waals surface area contributed by atoms with Crippen molar-refractivity contribution < 1.29 is 23.8 Å². The fourth-order valence-corrected chi connectivity index (χ4v) is 1.41. The summed E-state index contributed by atoms with van der Waals surface area (Å²) in [5, 5.41) is 9.07. The number of benzene rings is 1. The van der Waals surface area contributed by atoms with Crippen molar-refractivity contribution in [1.82, 2.24) is 4.90 Å². The summed E-state index contributed by atoms with van der Waals surface area (Å²) in [7, 11) is 2.60. The zero-order chi connectivity index (χ0) is 14.8. The standard InChI is InChI=1S/C13H16FNO4/c1-13(2,12(17)18)15(3)11(16)8-6-5-7-9(19-4)10(8)14/h5-7H,1-4H3,(H,17,18). The third-order valence-electron chi connectivity index (χ3n) is 3.08. The van der Waals surface area contributed by atoms with Gasteiger partial charge in [-0.3, -0.25) is 4.79 Å². The molecule has 1 aromatic carbocycles. The molecule has 0 bridgehead atoms. The number of rotatable bonds is 4. The zero-order valence-corrected chi connectivity index (χ0v) is 11.2. The number of likely N-dealkylation sites (N-methyl/N-ethyl adjacent to an activating group) is 1. The Morgan fingerprint density at radius 2 is 1.95 bits per heavy atom. The van der Waals surface area contributed by atoms with Crippen molar-refractivity contribution in [3.05, 3.63) is 29.6 Å². The van der Waals surface area contributed by atoms with E-state index in [1.54, 1.807) is 0 Å². The second kappa shape index (κ2) is 5.26. The number of hydrogen-bond acceptors (Lipinski definition) is 3. The molecule has 5 nitrogen and oxygen atoms in total. The highest BCUT2D eigenvalue weighted by molar-refractivity contribution is 5.98. The molecular formula is C13H16FNO4. The number of carbonyl (C=O) groups excluding carboxylic acids is 1. The van der Waals surface area contributed by atoms with Crippen LogP contribution in [0.25, 0.3) is 0 Å². The smallest absolute Gasteiger partial charge is 0.329 e. The van der Waals surface area contributed by atoms with Crippen molar-refractivity contribution in [3.63, 3.8) is 0 Å². The van der Waals surface area contributed by atoms with Crippen molar-refractivity contribution >= 4 is 11.9 Å². The van der Waals surface area contributed by atoms with Crippen LogP contribution in [0.2, 0.25) is 0 Å². The highest BCUT2D eigenvalue weighted by atomic mass is 19.1. The number of amides is 1. The highest BCUT2D eigenvalue weighted by Crippen LogP contribution is 2.23. The molecule has 0 aliphatic rings. The van der Waals surface area contributed by atoms with Crippen LogP contribution in [0, 0.1) is 5.82 Å². The number of ether oxygens (including phenoxy) is 1. The van der Waals surface area contributed by atoms with Crippen LogP contribution in [0.15, 0.2) is 18.2 Å². The molecule has 19 heavy (non-hydrogen) atoms. The van der Waals surface area contributed by atoms with Gasteiger partial charge in [0.25, 0.3) is 5.91 Å². The van der Waals surface area contributed by atoms with Gasteiger partial charge >= 0.3 is 5.97 Å². The van der Waals surface area contributed by atoms with Gasteiger partial charge in [0, 0.05) is 7.05 Å². The van der Waals surface area contributed by atoms with E-state index in [-0.39, 0.29) is 11.3 Å². The van der Waals surface area contributed by atoms with E-state index in [1.165, 1.54) is 46.2 Å². The number of methoxy groups -OCH3 is 1. The van der Waals surface area contributed by atoms with Crippen LogP contribution in [0.4, 0.5) is 4.39 Å². The Hall–Kier alpha value is -2.11. The van der Waals surface area contributed by atoms with E-state index in [2.05, 4.69) is 0 Å². The minimum atomic E-state index is -1.44. The molecule has 6 heteroatoms. The fourth-order valence-electron chi connectivity index (χ4n) is 1.41. The van der Waals surface area contributed by atoms with Crippen LogP contribution in [0.5, 0.6) is 5.75 Å². The lowest BCUT2D eigenvalue weighted by molar-refractivity contribution is -0.147. The summed E-state index contributed by atoms with van der Waals surface area (Å²) in [6.45, 7) is 2.73. The lowest BCUT2D eigenvalue weighted by atomic mass is 10.0. The first-order valence-corrected chi connectivity index (χ1v) is 5.57. The molecule has 0 radical (unpaired) electrons. The van der Waals surface area contributed by atoms with Gasteiger partial charge < -0.3 is 14.7 Å². The van der Waals surface area contributed by atoms with Crippen molar-refractivity contribution in [2.45, 2.75) is 19.4 Å². The second-order valence-corrected chi connectivity index (χ2v) is 4.55. The Bertz CT molecular complexity index is 513. The molecule has 1 rings (SSSR count). The largest absolute Gasteiger partial charge is 0.494 e. The number of aliphatic carboxylic acids is 1. The van der Waals surface area contributed by atoms with Gasteiger partial charge in [-0.25, -0.2) is 9.18 Å². The molecule has 0 fully saturated rings. The van der Waals surface area contributed by atoms with Gasteiger partial charge in [-0.1, -0.05) is 6.07 Å². The van der Waals surface area contributed by atoms with E-state index in [4.69, 9.17) is 9.84 Å². The van der Waals surface area contributed by atoms with Gasteiger partial charge in [-0.05, 0) is 26.0 Å². The maximum Gasteiger partial charge on any atom is 0.329 e. The Morgan fingerprint density at radius 1 is 1.37 bits per heavy atom. The summed E-state index contributed by atoms with van der Waals surface area (Å²) >= 11 is 0. The molecule has 0 saturated heterocycles. The summed E-state index contributed by atoms with van der Waals surface area (Å²) in [6, 6.07) is 4.14. The number of carboxylic acids is 1. The van der Waals surface area contributed by atoms with Crippen LogP contribution in [0.3, 0.4) is 0 Å². The number of carboxylic acid groups (broad SMARTS) is 1. The average Bonchev–Trinajstić information content (AvgIpc) is 2.37. The first-order chi connectivity index (χ1) is 8.73. The van der Waals surface area contributed by atoms with Crippen molar-refractivity contribution in [2.24, 2.45) is 0 Å². The average molecular weight is 269 g/mol. The Labute approximate surface area is 110 Å². The van der Waals surface area contributed by atoms with Crippen LogP contribution in [-0.4, -0.2) is 41.6 Å². The van der Waals surface area contributed by atoms with E-state index in [1.807, 2.05) is 0 Å². The Balaban J connectivity index is 3.18. The van der Waals surface area contributed by atoms with E-state index < -0.39 is 23.2 Å². The molecule has 1 aromatic rings. The third-order valence-corrected chi connectivity index (χ3v) is 3.08. The van der Waals surface area contributed by atoms with E-state index >= 15 is 0 Å². The van der Waals surface area contributed by atoms with Gasteiger partial charge in [0.15, 0.2) is 11.6 Å². The fraction of sp³-hybridized carbons (Fsp3) is 0.385. The van der Waals surface area contributed by atoms with Gasteiger partial charge in [-0.2, -0.15) is 0 Å². The van der Waals surface area contributed by atoms with Crippen LogP contribution < -0.4 is 4.74 Å². The predicted molar refractivity (Wildman–Crippen MR) is 66.8 cm³/mol. The molecule has 0 aliphatic heterocycles. The zero-order valence-electron chi connectivity index (χ0n) is 11.2. The molecule has 0 spiro atoms. The molecule has 0 unspecified atom stereocenters. The number of carbonyl (C=O) groups is 2. The molecule has 0 aliphatic carbocycles. The topological polar surface area (TPSA) is 66.8 Å². The van der Waals surface area contributed by atoms with Gasteiger partial charge in [0.05, 0.1) is 12.7 Å². The minimum absolute atomic E-state index is 0.0626. The van der Waals surface area contributed by atoms with Crippen LogP contribution >= 0.6 is 0 Å². The highest BCUT2D eigenvalue weighted by Gasteiger charge is 2.36.